The third-order valence-electron chi connectivity index (χ3n) is 2.86. The first-order valence-corrected chi connectivity index (χ1v) is 5.31. The van der Waals surface area contributed by atoms with E-state index in [9.17, 15) is 0 Å². The van der Waals surface area contributed by atoms with Gasteiger partial charge >= 0.3 is 0 Å². The van der Waals surface area contributed by atoms with Crippen molar-refractivity contribution in [3.8, 4) is 0 Å². The van der Waals surface area contributed by atoms with Crippen LogP contribution in [0, 0.1) is 0 Å². The van der Waals surface area contributed by atoms with Crippen molar-refractivity contribution < 1.29 is 4.74 Å². The number of nitrogens with two attached hydrogens (primary N) is 1. The minimum atomic E-state index is 0.568. The minimum Gasteiger partial charge on any atom is -0.396 e. The zero-order valence-corrected chi connectivity index (χ0v) is 9.09. The number of hydrogen-bond acceptors (Lipinski definition) is 4. The number of ether oxygens (including phenoxy) is 1. The Morgan fingerprint density at radius 3 is 3.20 bits per heavy atom. The van der Waals surface area contributed by atoms with E-state index in [-0.39, 0.29) is 0 Å². The molecule has 84 valence electrons. The molecule has 0 aliphatic carbocycles. The maximum atomic E-state index is 5.59. The van der Waals surface area contributed by atoms with E-state index in [2.05, 4.69) is 17.0 Å². The fraction of sp³-hybridized carbons (Fsp3) is 0.700. The van der Waals surface area contributed by atoms with Crippen LogP contribution in [0.25, 0.3) is 0 Å². The van der Waals surface area contributed by atoms with Gasteiger partial charge in [0.1, 0.15) is 0 Å². The van der Waals surface area contributed by atoms with Gasteiger partial charge in [0.25, 0.3) is 0 Å². The molecule has 0 spiro atoms. The minimum absolute atomic E-state index is 0.568. The molecule has 0 aromatic carbocycles. The largest absolute Gasteiger partial charge is 0.396 e. The van der Waals surface area contributed by atoms with Crippen molar-refractivity contribution in [2.75, 3.05) is 32.5 Å². The van der Waals surface area contributed by atoms with Gasteiger partial charge in [-0.2, -0.15) is 5.10 Å². The Hall–Kier alpha value is -1.07. The van der Waals surface area contributed by atoms with Crippen LogP contribution in [0.3, 0.4) is 0 Å². The molecule has 5 heteroatoms. The van der Waals surface area contributed by atoms with E-state index in [1.165, 1.54) is 0 Å². The van der Waals surface area contributed by atoms with Crippen molar-refractivity contribution >= 4 is 5.69 Å². The molecule has 1 aromatic heterocycles. The highest BCUT2D eigenvalue weighted by Crippen LogP contribution is 2.10. The molecule has 2 N–H and O–H groups in total. The summed E-state index contributed by atoms with van der Waals surface area (Å²) in [5, 5.41) is 4.15. The molecule has 0 bridgehead atoms. The van der Waals surface area contributed by atoms with Gasteiger partial charge in [-0.1, -0.05) is 0 Å². The third kappa shape index (κ3) is 2.70. The number of nitrogens with zero attached hydrogens (tertiary/aromatic N) is 3. The molecule has 0 radical (unpaired) electrons. The van der Waals surface area contributed by atoms with Gasteiger partial charge in [0, 0.05) is 25.4 Å². The predicted octanol–water partition coefficient (Wildman–Crippen LogP) is 0.186. The van der Waals surface area contributed by atoms with Gasteiger partial charge in [-0.05, 0) is 13.5 Å². The molecule has 1 saturated heterocycles. The Balaban J connectivity index is 1.77. The van der Waals surface area contributed by atoms with Crippen LogP contribution >= 0.6 is 0 Å². The van der Waals surface area contributed by atoms with Crippen LogP contribution in [0.4, 0.5) is 5.69 Å². The molecule has 1 aliphatic heterocycles. The van der Waals surface area contributed by atoms with Crippen molar-refractivity contribution in [3.63, 3.8) is 0 Å². The second-order valence-corrected chi connectivity index (χ2v) is 4.03. The molecule has 1 fully saturated rings. The van der Waals surface area contributed by atoms with Gasteiger partial charge in [-0.25, -0.2) is 0 Å². The molecule has 1 atom stereocenters. The van der Waals surface area contributed by atoms with Crippen LogP contribution < -0.4 is 5.73 Å². The quantitative estimate of drug-likeness (QED) is 0.770. The molecule has 15 heavy (non-hydrogen) atoms. The highest BCUT2D eigenvalue weighted by atomic mass is 16.5. The van der Waals surface area contributed by atoms with Crippen molar-refractivity contribution in [1.82, 2.24) is 14.7 Å². The van der Waals surface area contributed by atoms with E-state index in [1.807, 2.05) is 10.9 Å². The zero-order valence-electron chi connectivity index (χ0n) is 9.09. The second kappa shape index (κ2) is 4.63. The van der Waals surface area contributed by atoms with Crippen molar-refractivity contribution in [3.05, 3.63) is 12.4 Å². The molecule has 2 heterocycles. The first kappa shape index (κ1) is 10.4. The fourth-order valence-electron chi connectivity index (χ4n) is 1.81. The van der Waals surface area contributed by atoms with E-state index in [0.29, 0.717) is 6.04 Å². The standard InChI is InChI=1S/C10H18N4O/c1-13(10-2-5-15-8-10)3-4-14-7-9(11)6-12-14/h6-7,10H,2-5,8,11H2,1H3. The van der Waals surface area contributed by atoms with Crippen LogP contribution in [0.15, 0.2) is 12.4 Å². The van der Waals surface area contributed by atoms with E-state index in [1.54, 1.807) is 6.20 Å². The topological polar surface area (TPSA) is 56.3 Å². The van der Waals surface area contributed by atoms with E-state index >= 15 is 0 Å². The summed E-state index contributed by atoms with van der Waals surface area (Å²) in [4.78, 5) is 2.32. The molecule has 1 aromatic rings. The number of anilines is 1. The summed E-state index contributed by atoms with van der Waals surface area (Å²) in [7, 11) is 2.13. The van der Waals surface area contributed by atoms with Crippen LogP contribution in [-0.2, 0) is 11.3 Å². The average molecular weight is 210 g/mol. The lowest BCUT2D eigenvalue weighted by atomic mass is 10.2. The summed E-state index contributed by atoms with van der Waals surface area (Å²) >= 11 is 0. The third-order valence-corrected chi connectivity index (χ3v) is 2.86. The summed E-state index contributed by atoms with van der Waals surface area (Å²) < 4.78 is 7.23. The van der Waals surface area contributed by atoms with Gasteiger partial charge in [0.2, 0.25) is 0 Å². The lowest BCUT2D eigenvalue weighted by Gasteiger charge is -2.22. The Kier molecular flexibility index (Phi) is 3.23. The summed E-state index contributed by atoms with van der Waals surface area (Å²) in [5.74, 6) is 0. The number of rotatable bonds is 4. The molecular formula is C10H18N4O. The lowest BCUT2D eigenvalue weighted by molar-refractivity contribution is 0.156. The molecule has 2 rings (SSSR count). The van der Waals surface area contributed by atoms with Crippen LogP contribution in [0.1, 0.15) is 6.42 Å². The monoisotopic (exact) mass is 210 g/mol. The van der Waals surface area contributed by atoms with Crippen molar-refractivity contribution in [1.29, 1.82) is 0 Å². The normalized spacial score (nSPS) is 21.3. The zero-order chi connectivity index (χ0) is 10.7. The second-order valence-electron chi connectivity index (χ2n) is 4.03. The SMILES string of the molecule is CN(CCn1cc(N)cn1)C1CCOC1. The van der Waals surface area contributed by atoms with Crippen molar-refractivity contribution in [2.45, 2.75) is 19.0 Å². The number of nitrogen functional groups attached to an aromatic ring is 1. The highest BCUT2D eigenvalue weighted by molar-refractivity contribution is 5.30. The predicted molar refractivity (Wildman–Crippen MR) is 58.5 cm³/mol. The van der Waals surface area contributed by atoms with Crippen LogP contribution in [0.5, 0.6) is 0 Å². The fourth-order valence-corrected chi connectivity index (χ4v) is 1.81. The van der Waals surface area contributed by atoms with Gasteiger partial charge in [-0.15, -0.1) is 0 Å². The molecule has 1 unspecified atom stereocenters. The first-order chi connectivity index (χ1) is 7.25. The molecule has 0 saturated carbocycles. The lowest BCUT2D eigenvalue weighted by Crippen LogP contribution is -2.34. The van der Waals surface area contributed by atoms with Crippen LogP contribution in [0.2, 0.25) is 0 Å². The summed E-state index contributed by atoms with van der Waals surface area (Å²) in [5.41, 5.74) is 6.31. The molecular weight excluding hydrogens is 192 g/mol. The summed E-state index contributed by atoms with van der Waals surface area (Å²) in [6, 6.07) is 0.568. The van der Waals surface area contributed by atoms with Gasteiger partial charge in [0.05, 0.1) is 25.0 Å². The van der Waals surface area contributed by atoms with E-state index in [0.717, 1.165) is 38.4 Å². The summed E-state index contributed by atoms with van der Waals surface area (Å²) in [6.45, 7) is 3.61. The number of hydrogen-bond donors (Lipinski definition) is 1. The Labute approximate surface area is 89.8 Å². The summed E-state index contributed by atoms with van der Waals surface area (Å²) in [6.07, 6.45) is 4.68. The molecule has 1 aliphatic rings. The number of aromatic nitrogens is 2. The smallest absolute Gasteiger partial charge is 0.0719 e. The highest BCUT2D eigenvalue weighted by Gasteiger charge is 2.19. The van der Waals surface area contributed by atoms with Gasteiger partial charge < -0.3 is 10.5 Å². The molecule has 5 nitrogen and oxygen atoms in total. The van der Waals surface area contributed by atoms with E-state index < -0.39 is 0 Å². The van der Waals surface area contributed by atoms with Gasteiger partial charge in [0.15, 0.2) is 0 Å². The average Bonchev–Trinajstić information content (AvgIpc) is 2.84. The maximum Gasteiger partial charge on any atom is 0.0719 e. The van der Waals surface area contributed by atoms with Crippen LogP contribution in [-0.4, -0.2) is 47.5 Å². The van der Waals surface area contributed by atoms with Gasteiger partial charge in [-0.3, -0.25) is 9.58 Å². The Morgan fingerprint density at radius 1 is 1.73 bits per heavy atom. The Morgan fingerprint density at radius 2 is 2.60 bits per heavy atom. The number of likely N-dealkylation sites (N-methyl/N-ethyl adjacent to an activating group) is 1. The maximum absolute atomic E-state index is 5.59. The first-order valence-electron chi connectivity index (χ1n) is 5.31. The molecule has 0 amide bonds. The Bertz CT molecular complexity index is 306. The van der Waals surface area contributed by atoms with Crippen molar-refractivity contribution in [2.24, 2.45) is 0 Å². The van der Waals surface area contributed by atoms with E-state index in [4.69, 9.17) is 10.5 Å².